The molecule has 0 aliphatic carbocycles. The number of carbonyl (C=O) groups excluding carboxylic acids is 1. The Morgan fingerprint density at radius 1 is 1.62 bits per heavy atom. The van der Waals surface area contributed by atoms with Crippen LogP contribution in [0, 0.1) is 0 Å². The average molecular weight is 189 g/mol. The van der Waals surface area contributed by atoms with Crippen LogP contribution in [0.5, 0.6) is 0 Å². The first kappa shape index (κ1) is 11.9. The van der Waals surface area contributed by atoms with Gasteiger partial charge in [-0.05, 0) is 0 Å². The van der Waals surface area contributed by atoms with Gasteiger partial charge in [-0.3, -0.25) is 9.59 Å². The highest BCUT2D eigenvalue weighted by Gasteiger charge is 2.23. The highest BCUT2D eigenvalue weighted by molar-refractivity contribution is 6.37. The molecule has 74 valence electrons. The number of aliphatic carboxylic acids is 1. The number of hydrogen-bond acceptors (Lipinski definition) is 5. The van der Waals surface area contributed by atoms with Crippen molar-refractivity contribution in [3.63, 3.8) is 0 Å². The van der Waals surface area contributed by atoms with Gasteiger partial charge in [-0.25, -0.2) is 0 Å². The number of methoxy groups -OCH3 is 1. The average Bonchev–Trinajstić information content (AvgIpc) is 2.11. The Kier molecular flexibility index (Phi) is 5.91. The molecular formula is C6H12BNO5. The first-order valence-electron chi connectivity index (χ1n) is 3.69. The fourth-order valence-corrected chi connectivity index (χ4v) is 0.712. The smallest absolute Gasteiger partial charge is 0.305 e. The van der Waals surface area contributed by atoms with Crippen molar-refractivity contribution in [1.82, 2.24) is 0 Å². The van der Waals surface area contributed by atoms with Crippen molar-refractivity contribution in [2.45, 2.75) is 12.2 Å². The van der Waals surface area contributed by atoms with Crippen LogP contribution in [0.2, 0.25) is 5.82 Å². The summed E-state index contributed by atoms with van der Waals surface area (Å²) in [6.45, 7) is -0.0645. The van der Waals surface area contributed by atoms with Crippen molar-refractivity contribution in [2.75, 3.05) is 13.8 Å². The summed E-state index contributed by atoms with van der Waals surface area (Å²) < 4.78 is 9.01. The van der Waals surface area contributed by atoms with Crippen molar-refractivity contribution in [3.05, 3.63) is 0 Å². The molecule has 0 bridgehead atoms. The Labute approximate surface area is 76.3 Å². The molecule has 0 saturated heterocycles. The minimum absolute atomic E-state index is 0.0645. The van der Waals surface area contributed by atoms with Gasteiger partial charge in [-0.15, -0.1) is 0 Å². The summed E-state index contributed by atoms with van der Waals surface area (Å²) in [6.07, 6.45) is -0.203. The standard InChI is InChI=1S/C6H12BNO5/c1-12-5(9)2-4(6(10)11)7-13-3-8/h4,7H,2-3,8H2,1H3,(H,10,11)/t4-/m0/s1. The third-order valence-corrected chi connectivity index (χ3v) is 1.43. The summed E-state index contributed by atoms with van der Waals surface area (Å²) in [7, 11) is 1.12. The van der Waals surface area contributed by atoms with Crippen LogP contribution in [0.4, 0.5) is 0 Å². The predicted molar refractivity (Wildman–Crippen MR) is 45.3 cm³/mol. The van der Waals surface area contributed by atoms with Gasteiger partial charge in [0, 0.05) is 0 Å². The Balaban J connectivity index is 3.94. The lowest BCUT2D eigenvalue weighted by atomic mass is 9.78. The van der Waals surface area contributed by atoms with E-state index in [-0.39, 0.29) is 20.6 Å². The largest absolute Gasteiger partial charge is 0.481 e. The molecule has 1 atom stereocenters. The SMILES string of the molecule is COC(=O)C[C@H](BOCN)C(=O)O. The van der Waals surface area contributed by atoms with Crippen molar-refractivity contribution in [2.24, 2.45) is 5.73 Å². The minimum Gasteiger partial charge on any atom is -0.481 e. The second-order valence-corrected chi connectivity index (χ2v) is 2.35. The first-order valence-corrected chi connectivity index (χ1v) is 3.69. The summed E-state index contributed by atoms with van der Waals surface area (Å²) in [5.74, 6) is -2.57. The molecule has 0 unspecified atom stereocenters. The van der Waals surface area contributed by atoms with Crippen molar-refractivity contribution >= 4 is 19.4 Å². The van der Waals surface area contributed by atoms with Crippen LogP contribution in [0.1, 0.15) is 6.42 Å². The van der Waals surface area contributed by atoms with E-state index in [1.165, 1.54) is 7.11 Å². The minimum atomic E-state index is -1.10. The Morgan fingerprint density at radius 2 is 2.23 bits per heavy atom. The lowest BCUT2D eigenvalue weighted by Gasteiger charge is -2.08. The lowest BCUT2D eigenvalue weighted by molar-refractivity contribution is -0.145. The van der Waals surface area contributed by atoms with Gasteiger partial charge in [-0.2, -0.15) is 0 Å². The number of hydrogen-bond donors (Lipinski definition) is 2. The summed E-state index contributed by atoms with van der Waals surface area (Å²) in [5.41, 5.74) is 5.01. The van der Waals surface area contributed by atoms with Gasteiger partial charge >= 0.3 is 11.9 Å². The zero-order valence-corrected chi connectivity index (χ0v) is 7.36. The number of ether oxygens (including phenoxy) is 1. The van der Waals surface area contributed by atoms with E-state index in [1.807, 2.05) is 0 Å². The second-order valence-electron chi connectivity index (χ2n) is 2.35. The Morgan fingerprint density at radius 3 is 2.62 bits per heavy atom. The van der Waals surface area contributed by atoms with E-state index in [2.05, 4.69) is 4.74 Å². The van der Waals surface area contributed by atoms with Crippen LogP contribution in [-0.2, 0) is 19.0 Å². The summed E-state index contributed by atoms with van der Waals surface area (Å²) in [6, 6.07) is 0. The van der Waals surface area contributed by atoms with Gasteiger partial charge in [-0.1, -0.05) is 0 Å². The molecule has 0 aliphatic heterocycles. The van der Waals surface area contributed by atoms with Crippen LogP contribution in [0.25, 0.3) is 0 Å². The zero-order chi connectivity index (χ0) is 10.3. The molecule has 0 aromatic heterocycles. The van der Waals surface area contributed by atoms with Gasteiger partial charge in [0.1, 0.15) is 0 Å². The maximum absolute atomic E-state index is 10.7. The maximum Gasteiger partial charge on any atom is 0.305 e. The molecule has 0 spiro atoms. The molecule has 0 aromatic rings. The normalized spacial score (nSPS) is 11.8. The van der Waals surface area contributed by atoms with E-state index in [0.29, 0.717) is 0 Å². The number of carboxylic acid groups (broad SMARTS) is 1. The maximum atomic E-state index is 10.7. The molecule has 6 nitrogen and oxygen atoms in total. The van der Waals surface area contributed by atoms with Gasteiger partial charge in [0.15, 0.2) is 0 Å². The van der Waals surface area contributed by atoms with E-state index in [0.717, 1.165) is 0 Å². The predicted octanol–water partition coefficient (Wildman–Crippen LogP) is -1.29. The molecule has 3 N–H and O–H groups in total. The van der Waals surface area contributed by atoms with E-state index in [4.69, 9.17) is 15.5 Å². The topological polar surface area (TPSA) is 98.9 Å². The highest BCUT2D eigenvalue weighted by atomic mass is 16.5. The highest BCUT2D eigenvalue weighted by Crippen LogP contribution is 2.10. The third-order valence-electron chi connectivity index (χ3n) is 1.43. The number of rotatable bonds is 6. The quantitative estimate of drug-likeness (QED) is 0.306. The molecule has 13 heavy (non-hydrogen) atoms. The van der Waals surface area contributed by atoms with Crippen molar-refractivity contribution in [3.8, 4) is 0 Å². The molecule has 0 amide bonds. The van der Waals surface area contributed by atoms with E-state index in [1.54, 1.807) is 0 Å². The van der Waals surface area contributed by atoms with Crippen molar-refractivity contribution < 1.29 is 24.1 Å². The zero-order valence-electron chi connectivity index (χ0n) is 7.36. The van der Waals surface area contributed by atoms with Gasteiger partial charge in [0.2, 0.25) is 0 Å². The number of carboxylic acids is 1. The van der Waals surface area contributed by atoms with Crippen molar-refractivity contribution in [1.29, 1.82) is 0 Å². The molecule has 7 heteroatoms. The number of nitrogens with two attached hydrogens (primary N) is 1. The van der Waals surface area contributed by atoms with Crippen LogP contribution < -0.4 is 5.73 Å². The second kappa shape index (κ2) is 6.44. The first-order chi connectivity index (χ1) is 6.11. The van der Waals surface area contributed by atoms with Gasteiger partial charge < -0.3 is 20.2 Å². The van der Waals surface area contributed by atoms with Crippen LogP contribution in [0.15, 0.2) is 0 Å². The van der Waals surface area contributed by atoms with Gasteiger partial charge in [0.25, 0.3) is 7.48 Å². The van der Waals surface area contributed by atoms with Crippen LogP contribution in [0.3, 0.4) is 0 Å². The molecule has 0 aliphatic rings. The van der Waals surface area contributed by atoms with E-state index < -0.39 is 17.8 Å². The van der Waals surface area contributed by atoms with Crippen LogP contribution in [-0.4, -0.2) is 38.4 Å². The summed E-state index contributed by atoms with van der Waals surface area (Å²) in [5, 5.41) is 8.62. The molecule has 0 saturated carbocycles. The molecule has 0 fully saturated rings. The summed E-state index contributed by atoms with van der Waals surface area (Å²) in [4.78, 5) is 21.2. The number of carbonyl (C=O) groups is 2. The number of esters is 1. The molecule has 0 radical (unpaired) electrons. The Hall–Kier alpha value is -1.08. The van der Waals surface area contributed by atoms with E-state index >= 15 is 0 Å². The van der Waals surface area contributed by atoms with Gasteiger partial charge in [0.05, 0.1) is 26.1 Å². The molecule has 0 heterocycles. The van der Waals surface area contributed by atoms with Crippen LogP contribution >= 0.6 is 0 Å². The molecule has 0 aromatic carbocycles. The third kappa shape index (κ3) is 5.21. The monoisotopic (exact) mass is 189 g/mol. The molecule has 0 rings (SSSR count). The molecular weight excluding hydrogens is 177 g/mol. The summed E-state index contributed by atoms with van der Waals surface area (Å²) >= 11 is 0. The van der Waals surface area contributed by atoms with E-state index in [9.17, 15) is 9.59 Å². The Bertz CT molecular complexity index is 186. The lowest BCUT2D eigenvalue weighted by Crippen LogP contribution is -2.23. The fourth-order valence-electron chi connectivity index (χ4n) is 0.712. The fraction of sp³-hybridized carbons (Fsp3) is 0.667.